The van der Waals surface area contributed by atoms with E-state index in [1.807, 2.05) is 24.3 Å². The van der Waals surface area contributed by atoms with Gasteiger partial charge in [0.2, 0.25) is 5.91 Å². The van der Waals surface area contributed by atoms with Crippen LogP contribution in [0.15, 0.2) is 48.5 Å². The third-order valence-electron chi connectivity index (χ3n) is 4.79. The van der Waals surface area contributed by atoms with Crippen molar-refractivity contribution in [1.82, 2.24) is 10.6 Å². The van der Waals surface area contributed by atoms with Crippen LogP contribution in [0.5, 0.6) is 0 Å². The number of primary amides is 1. The van der Waals surface area contributed by atoms with Gasteiger partial charge in [0.1, 0.15) is 11.6 Å². The molecule has 0 radical (unpaired) electrons. The standard InChI is InChI=1S/C26H32N4O4/c1-25(2,3)34-24(33)30-26(4,5)21(22(28)31)29-23(32)20-14-12-18(13-15-20)7-6-17-8-10-19(16-27)11-9-17/h8-15,21H,16,27H2,1-5H3,(H2,28,31)(H,29,32)(H,30,33). The third kappa shape index (κ3) is 7.94. The van der Waals surface area contributed by atoms with Crippen LogP contribution in [0.25, 0.3) is 0 Å². The number of ether oxygens (including phenoxy) is 1. The molecule has 1 atom stereocenters. The molecular weight excluding hydrogens is 432 g/mol. The maximum absolute atomic E-state index is 12.8. The van der Waals surface area contributed by atoms with Crippen molar-refractivity contribution in [2.75, 3.05) is 0 Å². The molecule has 8 heteroatoms. The van der Waals surface area contributed by atoms with Crippen LogP contribution in [-0.2, 0) is 16.1 Å². The summed E-state index contributed by atoms with van der Waals surface area (Å²) < 4.78 is 5.24. The fraction of sp³-hybridized carbons (Fsp3) is 0.346. The van der Waals surface area contributed by atoms with E-state index in [0.717, 1.165) is 16.7 Å². The van der Waals surface area contributed by atoms with Gasteiger partial charge in [-0.1, -0.05) is 24.0 Å². The van der Waals surface area contributed by atoms with Gasteiger partial charge >= 0.3 is 6.09 Å². The minimum absolute atomic E-state index is 0.317. The van der Waals surface area contributed by atoms with Crippen LogP contribution in [0, 0.1) is 11.8 Å². The molecule has 180 valence electrons. The molecule has 2 aromatic rings. The van der Waals surface area contributed by atoms with Gasteiger partial charge in [0.25, 0.3) is 5.91 Å². The van der Waals surface area contributed by atoms with E-state index in [1.165, 1.54) is 0 Å². The molecule has 0 aliphatic heterocycles. The smallest absolute Gasteiger partial charge is 0.408 e. The number of carbonyl (C=O) groups excluding carboxylic acids is 3. The molecule has 0 saturated carbocycles. The van der Waals surface area contributed by atoms with Crippen LogP contribution in [0.4, 0.5) is 4.79 Å². The topological polar surface area (TPSA) is 137 Å². The predicted octanol–water partition coefficient (Wildman–Crippen LogP) is 2.43. The Morgan fingerprint density at radius 3 is 1.85 bits per heavy atom. The first-order valence-corrected chi connectivity index (χ1v) is 10.8. The fourth-order valence-electron chi connectivity index (χ4n) is 3.03. The highest BCUT2D eigenvalue weighted by Crippen LogP contribution is 2.14. The average molecular weight is 465 g/mol. The molecule has 2 aromatic carbocycles. The lowest BCUT2D eigenvalue weighted by atomic mass is 9.93. The Morgan fingerprint density at radius 1 is 0.912 bits per heavy atom. The van der Waals surface area contributed by atoms with Crippen molar-refractivity contribution in [2.24, 2.45) is 11.5 Å². The largest absolute Gasteiger partial charge is 0.444 e. The molecule has 0 fully saturated rings. The zero-order chi connectivity index (χ0) is 25.5. The summed E-state index contributed by atoms with van der Waals surface area (Å²) in [6.45, 7) is 8.79. The molecular formula is C26H32N4O4. The zero-order valence-electron chi connectivity index (χ0n) is 20.2. The molecule has 34 heavy (non-hydrogen) atoms. The van der Waals surface area contributed by atoms with E-state index in [1.54, 1.807) is 58.9 Å². The van der Waals surface area contributed by atoms with Crippen molar-refractivity contribution >= 4 is 17.9 Å². The quantitative estimate of drug-likeness (QED) is 0.487. The van der Waals surface area contributed by atoms with Crippen LogP contribution >= 0.6 is 0 Å². The van der Waals surface area contributed by atoms with E-state index in [0.29, 0.717) is 12.1 Å². The van der Waals surface area contributed by atoms with Gasteiger partial charge in [0.15, 0.2) is 0 Å². The minimum Gasteiger partial charge on any atom is -0.444 e. The fourth-order valence-corrected chi connectivity index (χ4v) is 3.03. The zero-order valence-corrected chi connectivity index (χ0v) is 20.2. The molecule has 3 amide bonds. The highest BCUT2D eigenvalue weighted by Gasteiger charge is 2.37. The maximum Gasteiger partial charge on any atom is 0.408 e. The van der Waals surface area contributed by atoms with E-state index in [4.69, 9.17) is 16.2 Å². The summed E-state index contributed by atoms with van der Waals surface area (Å²) in [7, 11) is 0. The molecule has 0 bridgehead atoms. The number of benzene rings is 2. The van der Waals surface area contributed by atoms with Crippen molar-refractivity contribution in [2.45, 2.75) is 58.3 Å². The number of alkyl carbamates (subject to hydrolysis) is 1. The van der Waals surface area contributed by atoms with Gasteiger partial charge in [0, 0.05) is 23.2 Å². The van der Waals surface area contributed by atoms with Gasteiger partial charge in [-0.3, -0.25) is 9.59 Å². The Balaban J connectivity index is 2.09. The molecule has 0 aliphatic carbocycles. The van der Waals surface area contributed by atoms with E-state index in [-0.39, 0.29) is 0 Å². The Bertz CT molecular complexity index is 1090. The summed E-state index contributed by atoms with van der Waals surface area (Å²) in [5, 5.41) is 5.20. The van der Waals surface area contributed by atoms with E-state index >= 15 is 0 Å². The number of hydrogen-bond donors (Lipinski definition) is 4. The second kappa shape index (κ2) is 10.9. The normalized spacial score (nSPS) is 12.1. The van der Waals surface area contributed by atoms with Crippen LogP contribution < -0.4 is 22.1 Å². The number of carbonyl (C=O) groups is 3. The minimum atomic E-state index is -1.20. The lowest BCUT2D eigenvalue weighted by molar-refractivity contribution is -0.121. The van der Waals surface area contributed by atoms with Crippen molar-refractivity contribution in [3.8, 4) is 11.8 Å². The Labute approximate surface area is 200 Å². The second-order valence-electron chi connectivity index (χ2n) is 9.39. The molecule has 6 N–H and O–H groups in total. The molecule has 0 saturated heterocycles. The van der Waals surface area contributed by atoms with Crippen LogP contribution in [-0.4, -0.2) is 35.1 Å². The van der Waals surface area contributed by atoms with Crippen molar-refractivity contribution in [1.29, 1.82) is 0 Å². The lowest BCUT2D eigenvalue weighted by Crippen LogP contribution is -2.64. The van der Waals surface area contributed by atoms with Crippen molar-refractivity contribution in [3.63, 3.8) is 0 Å². The van der Waals surface area contributed by atoms with Gasteiger partial charge in [-0.15, -0.1) is 0 Å². The molecule has 0 aromatic heterocycles. The molecule has 8 nitrogen and oxygen atoms in total. The van der Waals surface area contributed by atoms with Crippen molar-refractivity contribution in [3.05, 3.63) is 70.8 Å². The summed E-state index contributed by atoms with van der Waals surface area (Å²) in [6.07, 6.45) is -0.724. The summed E-state index contributed by atoms with van der Waals surface area (Å²) in [5.41, 5.74) is 12.1. The van der Waals surface area contributed by atoms with E-state index < -0.39 is 35.1 Å². The van der Waals surface area contributed by atoms with Crippen LogP contribution in [0.1, 0.15) is 61.7 Å². The van der Waals surface area contributed by atoms with E-state index in [9.17, 15) is 14.4 Å². The van der Waals surface area contributed by atoms with Crippen LogP contribution in [0.3, 0.4) is 0 Å². The Kier molecular flexibility index (Phi) is 8.44. The molecule has 0 spiro atoms. The maximum atomic E-state index is 12.8. The first-order valence-electron chi connectivity index (χ1n) is 10.8. The van der Waals surface area contributed by atoms with Gasteiger partial charge in [-0.2, -0.15) is 0 Å². The highest BCUT2D eigenvalue weighted by atomic mass is 16.6. The molecule has 0 aliphatic rings. The van der Waals surface area contributed by atoms with Gasteiger partial charge < -0.3 is 26.8 Å². The first kappa shape index (κ1) is 26.4. The second-order valence-corrected chi connectivity index (χ2v) is 9.39. The Morgan fingerprint density at radius 2 is 1.41 bits per heavy atom. The van der Waals surface area contributed by atoms with Gasteiger partial charge in [-0.05, 0) is 76.6 Å². The SMILES string of the molecule is CC(C)(C)OC(=O)NC(C)(C)C(NC(=O)c1ccc(C#Cc2ccc(CN)cc2)cc1)C(N)=O. The summed E-state index contributed by atoms with van der Waals surface area (Å²) >= 11 is 0. The number of amides is 3. The first-order chi connectivity index (χ1) is 15.8. The predicted molar refractivity (Wildman–Crippen MR) is 131 cm³/mol. The number of hydrogen-bond acceptors (Lipinski definition) is 5. The lowest BCUT2D eigenvalue weighted by Gasteiger charge is -2.34. The number of rotatable bonds is 6. The van der Waals surface area contributed by atoms with Crippen molar-refractivity contribution < 1.29 is 19.1 Å². The highest BCUT2D eigenvalue weighted by molar-refractivity contribution is 5.98. The average Bonchev–Trinajstić information content (AvgIpc) is 2.74. The Hall–Kier alpha value is -3.83. The number of nitrogens with one attached hydrogen (secondary N) is 2. The molecule has 1 unspecified atom stereocenters. The van der Waals surface area contributed by atoms with E-state index in [2.05, 4.69) is 22.5 Å². The monoisotopic (exact) mass is 464 g/mol. The van der Waals surface area contributed by atoms with Gasteiger partial charge in [-0.25, -0.2) is 4.79 Å². The molecule has 0 heterocycles. The summed E-state index contributed by atoms with van der Waals surface area (Å²) in [5.74, 6) is 4.79. The third-order valence-corrected chi connectivity index (χ3v) is 4.79. The summed E-state index contributed by atoms with van der Waals surface area (Å²) in [6, 6.07) is 13.1. The number of nitrogens with two attached hydrogens (primary N) is 2. The van der Waals surface area contributed by atoms with Crippen LogP contribution in [0.2, 0.25) is 0 Å². The molecule has 2 rings (SSSR count). The van der Waals surface area contributed by atoms with Gasteiger partial charge in [0.05, 0.1) is 5.54 Å². The summed E-state index contributed by atoms with van der Waals surface area (Å²) in [4.78, 5) is 37.0.